The lowest BCUT2D eigenvalue weighted by molar-refractivity contribution is -0.138. The first-order chi connectivity index (χ1) is 8.47. The maximum Gasteiger partial charge on any atom is 0.317 e. The van der Waals surface area contributed by atoms with Crippen LogP contribution in [0.5, 0.6) is 0 Å². The molecule has 0 aromatic heterocycles. The van der Waals surface area contributed by atoms with Crippen LogP contribution in [0.1, 0.15) is 17.5 Å². The van der Waals surface area contributed by atoms with Crippen molar-refractivity contribution < 1.29 is 19.8 Å². The first-order valence-electron chi connectivity index (χ1n) is 5.67. The van der Waals surface area contributed by atoms with Gasteiger partial charge in [0.15, 0.2) is 0 Å². The number of hydrogen-bond acceptors (Lipinski definition) is 3. The topological polar surface area (TPSA) is 77.8 Å². The van der Waals surface area contributed by atoms with Gasteiger partial charge in [0.2, 0.25) is 0 Å². The molecular weight excluding hydrogens is 234 g/mol. The highest BCUT2D eigenvalue weighted by Crippen LogP contribution is 2.08. The Morgan fingerprint density at radius 2 is 1.61 bits per heavy atom. The van der Waals surface area contributed by atoms with Crippen LogP contribution in [0.4, 0.5) is 0 Å². The molecule has 1 rings (SSSR count). The first-order valence-corrected chi connectivity index (χ1v) is 5.67. The van der Waals surface area contributed by atoms with E-state index in [1.807, 2.05) is 24.3 Å². The molecule has 1 aromatic rings. The molecule has 0 fully saturated rings. The second kappa shape index (κ2) is 6.76. The molecule has 0 aliphatic heterocycles. The molecule has 0 unspecified atom stereocenters. The van der Waals surface area contributed by atoms with Crippen LogP contribution in [-0.4, -0.2) is 40.6 Å². The second-order valence-corrected chi connectivity index (χ2v) is 4.28. The van der Waals surface area contributed by atoms with E-state index >= 15 is 0 Å². The highest BCUT2D eigenvalue weighted by Gasteiger charge is 2.05. The van der Waals surface area contributed by atoms with E-state index in [2.05, 4.69) is 0 Å². The molecule has 2 N–H and O–H groups in total. The van der Waals surface area contributed by atoms with Gasteiger partial charge in [0, 0.05) is 13.0 Å². The molecular formula is C13H17NO4. The number of aliphatic carboxylic acids is 2. The Morgan fingerprint density at radius 1 is 1.06 bits per heavy atom. The highest BCUT2D eigenvalue weighted by molar-refractivity contribution is 5.69. The Balaban J connectivity index is 2.49. The predicted molar refractivity (Wildman–Crippen MR) is 66.4 cm³/mol. The van der Waals surface area contributed by atoms with Crippen molar-refractivity contribution in [2.45, 2.75) is 19.4 Å². The lowest BCUT2D eigenvalue weighted by Gasteiger charge is -2.14. The second-order valence-electron chi connectivity index (χ2n) is 4.28. The zero-order valence-electron chi connectivity index (χ0n) is 10.3. The van der Waals surface area contributed by atoms with Gasteiger partial charge >= 0.3 is 11.9 Å². The van der Waals surface area contributed by atoms with Gasteiger partial charge < -0.3 is 10.2 Å². The van der Waals surface area contributed by atoms with E-state index in [4.69, 9.17) is 10.2 Å². The van der Waals surface area contributed by atoms with Crippen molar-refractivity contribution in [3.8, 4) is 0 Å². The van der Waals surface area contributed by atoms with Crippen molar-refractivity contribution >= 4 is 11.9 Å². The summed E-state index contributed by atoms with van der Waals surface area (Å²) in [6, 6.07) is 7.56. The fourth-order valence-corrected chi connectivity index (χ4v) is 1.66. The Kier molecular flexibility index (Phi) is 5.32. The van der Waals surface area contributed by atoms with Gasteiger partial charge in [-0.15, -0.1) is 0 Å². The largest absolute Gasteiger partial charge is 0.481 e. The summed E-state index contributed by atoms with van der Waals surface area (Å²) in [4.78, 5) is 22.6. The summed E-state index contributed by atoms with van der Waals surface area (Å²) in [5.41, 5.74) is 1.99. The van der Waals surface area contributed by atoms with Crippen molar-refractivity contribution in [1.29, 1.82) is 0 Å². The number of benzene rings is 1. The smallest absolute Gasteiger partial charge is 0.317 e. The van der Waals surface area contributed by atoms with Gasteiger partial charge in [-0.05, 0) is 24.6 Å². The molecule has 98 valence electrons. The molecule has 5 nitrogen and oxygen atoms in total. The van der Waals surface area contributed by atoms with Gasteiger partial charge in [0.1, 0.15) is 0 Å². The number of carboxylic acid groups (broad SMARTS) is 2. The molecule has 0 aliphatic rings. The summed E-state index contributed by atoms with van der Waals surface area (Å²) in [5.74, 6) is -1.66. The molecule has 5 heteroatoms. The van der Waals surface area contributed by atoms with Crippen LogP contribution in [0, 0.1) is 0 Å². The van der Waals surface area contributed by atoms with Crippen LogP contribution in [0.3, 0.4) is 0 Å². The lowest BCUT2D eigenvalue weighted by Crippen LogP contribution is -2.25. The molecule has 0 amide bonds. The molecule has 0 saturated carbocycles. The zero-order valence-corrected chi connectivity index (χ0v) is 10.3. The van der Waals surface area contributed by atoms with E-state index in [1.165, 1.54) is 0 Å². The van der Waals surface area contributed by atoms with Crippen molar-refractivity contribution in [3.05, 3.63) is 35.4 Å². The fraction of sp³-hybridized carbons (Fsp3) is 0.385. The molecule has 0 heterocycles. The minimum absolute atomic E-state index is 0.000760. The first kappa shape index (κ1) is 14.2. The summed E-state index contributed by atoms with van der Waals surface area (Å²) in [6.45, 7) is 0.562. The molecule has 0 atom stereocenters. The summed E-state index contributed by atoms with van der Waals surface area (Å²) in [7, 11) is 1.74. The average molecular weight is 251 g/mol. The maximum atomic E-state index is 10.5. The van der Waals surface area contributed by atoms with E-state index in [-0.39, 0.29) is 13.0 Å². The Hall–Kier alpha value is -1.88. The van der Waals surface area contributed by atoms with Gasteiger partial charge in [-0.25, -0.2) is 0 Å². The number of carbonyl (C=O) groups is 2. The van der Waals surface area contributed by atoms with Crippen LogP contribution >= 0.6 is 0 Å². The third kappa shape index (κ3) is 5.45. The number of aryl methyl sites for hydroxylation is 1. The van der Waals surface area contributed by atoms with Crippen LogP contribution in [-0.2, 0) is 22.6 Å². The molecule has 0 saturated heterocycles. The van der Waals surface area contributed by atoms with E-state index in [9.17, 15) is 9.59 Å². The third-order valence-corrected chi connectivity index (χ3v) is 2.51. The van der Waals surface area contributed by atoms with Gasteiger partial charge in [-0.1, -0.05) is 24.3 Å². The van der Waals surface area contributed by atoms with Crippen LogP contribution in [0.25, 0.3) is 0 Å². The number of hydrogen-bond donors (Lipinski definition) is 2. The predicted octanol–water partition coefficient (Wildman–Crippen LogP) is 1.22. The van der Waals surface area contributed by atoms with Gasteiger partial charge in [0.05, 0.1) is 6.54 Å². The standard InChI is InChI=1S/C13H17NO4/c1-14(9-13(17)18)8-11-4-2-10(3-5-11)6-7-12(15)16/h2-5H,6-9H2,1H3,(H,15,16)(H,17,18). The molecule has 1 aromatic carbocycles. The maximum absolute atomic E-state index is 10.5. The molecule has 0 aliphatic carbocycles. The number of rotatable bonds is 7. The molecule has 0 spiro atoms. The third-order valence-electron chi connectivity index (χ3n) is 2.51. The van der Waals surface area contributed by atoms with E-state index in [0.717, 1.165) is 11.1 Å². The van der Waals surface area contributed by atoms with Crippen LogP contribution in [0.2, 0.25) is 0 Å². The van der Waals surface area contributed by atoms with E-state index < -0.39 is 11.9 Å². The summed E-state index contributed by atoms with van der Waals surface area (Å²) in [5, 5.41) is 17.2. The number of likely N-dealkylation sites (N-methyl/N-ethyl adjacent to an activating group) is 1. The van der Waals surface area contributed by atoms with E-state index in [1.54, 1.807) is 11.9 Å². The summed E-state index contributed by atoms with van der Waals surface area (Å²) < 4.78 is 0. The van der Waals surface area contributed by atoms with Crippen LogP contribution in [0.15, 0.2) is 24.3 Å². The molecule has 0 bridgehead atoms. The number of carboxylic acids is 2. The van der Waals surface area contributed by atoms with Gasteiger partial charge in [0.25, 0.3) is 0 Å². The lowest BCUT2D eigenvalue weighted by atomic mass is 10.1. The normalized spacial score (nSPS) is 10.6. The highest BCUT2D eigenvalue weighted by atomic mass is 16.4. The fourth-order valence-electron chi connectivity index (χ4n) is 1.66. The van der Waals surface area contributed by atoms with Gasteiger partial charge in [-0.3, -0.25) is 14.5 Å². The van der Waals surface area contributed by atoms with Crippen molar-refractivity contribution in [2.75, 3.05) is 13.6 Å². The quantitative estimate of drug-likeness (QED) is 0.762. The monoisotopic (exact) mass is 251 g/mol. The summed E-state index contributed by atoms with van der Waals surface area (Å²) >= 11 is 0. The average Bonchev–Trinajstić information content (AvgIpc) is 2.26. The minimum atomic E-state index is -0.851. The minimum Gasteiger partial charge on any atom is -0.481 e. The number of nitrogens with zero attached hydrogens (tertiary/aromatic N) is 1. The Labute approximate surface area is 106 Å². The Morgan fingerprint density at radius 3 is 2.11 bits per heavy atom. The summed E-state index contributed by atoms with van der Waals surface area (Å²) in [6.07, 6.45) is 0.638. The van der Waals surface area contributed by atoms with Crippen molar-refractivity contribution in [2.24, 2.45) is 0 Å². The van der Waals surface area contributed by atoms with Crippen molar-refractivity contribution in [3.63, 3.8) is 0 Å². The van der Waals surface area contributed by atoms with E-state index in [0.29, 0.717) is 13.0 Å². The van der Waals surface area contributed by atoms with Crippen LogP contribution < -0.4 is 0 Å². The van der Waals surface area contributed by atoms with Gasteiger partial charge in [-0.2, -0.15) is 0 Å². The SMILES string of the molecule is CN(CC(=O)O)Cc1ccc(CCC(=O)O)cc1. The molecule has 0 radical (unpaired) electrons. The van der Waals surface area contributed by atoms with Crippen molar-refractivity contribution in [1.82, 2.24) is 4.90 Å². The Bertz CT molecular complexity index is 414. The molecule has 18 heavy (non-hydrogen) atoms. The zero-order chi connectivity index (χ0) is 13.5.